The van der Waals surface area contributed by atoms with Crippen LogP contribution in [-0.4, -0.2) is 26.6 Å². The van der Waals surface area contributed by atoms with Crippen molar-refractivity contribution in [3.05, 3.63) is 77.7 Å². The minimum absolute atomic E-state index is 0.239. The van der Waals surface area contributed by atoms with Crippen molar-refractivity contribution in [2.24, 2.45) is 0 Å². The van der Waals surface area contributed by atoms with Gasteiger partial charge in [0.1, 0.15) is 5.82 Å². The number of pyridine rings is 1. The lowest BCUT2D eigenvalue weighted by molar-refractivity contribution is -0.136. The number of benzene rings is 1. The Labute approximate surface area is 151 Å². The third-order valence-electron chi connectivity index (χ3n) is 3.76. The van der Waals surface area contributed by atoms with E-state index in [1.807, 2.05) is 37.3 Å². The lowest BCUT2D eigenvalue weighted by Crippen LogP contribution is -2.35. The summed E-state index contributed by atoms with van der Waals surface area (Å²) >= 11 is 0. The number of hydrogen-bond acceptors (Lipinski definition) is 4. The van der Waals surface area contributed by atoms with E-state index in [-0.39, 0.29) is 6.54 Å². The molecular weight excluding hydrogens is 330 g/mol. The summed E-state index contributed by atoms with van der Waals surface area (Å²) in [5, 5.41) is 9.37. The fourth-order valence-corrected chi connectivity index (χ4v) is 2.49. The highest BCUT2D eigenvalue weighted by atomic mass is 16.2. The van der Waals surface area contributed by atoms with Crippen LogP contribution < -0.4 is 10.6 Å². The molecular formula is C19H19N5O2. The molecule has 0 aliphatic carbocycles. The number of carbonyl (C=O) groups excluding carboxylic acids is 2. The van der Waals surface area contributed by atoms with E-state index in [2.05, 4.69) is 20.7 Å². The summed E-state index contributed by atoms with van der Waals surface area (Å²) in [7, 11) is 0. The molecule has 7 heteroatoms. The number of hydrogen-bond donors (Lipinski definition) is 2. The molecule has 1 aromatic carbocycles. The van der Waals surface area contributed by atoms with Gasteiger partial charge in [-0.2, -0.15) is 5.10 Å². The van der Waals surface area contributed by atoms with Gasteiger partial charge < -0.3 is 10.6 Å². The molecule has 0 atom stereocenters. The molecule has 2 aromatic heterocycles. The number of rotatable bonds is 5. The summed E-state index contributed by atoms with van der Waals surface area (Å²) in [5.41, 5.74) is 3.03. The van der Waals surface area contributed by atoms with Crippen molar-refractivity contribution < 1.29 is 9.59 Å². The Hall–Kier alpha value is -3.48. The van der Waals surface area contributed by atoms with E-state index >= 15 is 0 Å². The predicted molar refractivity (Wildman–Crippen MR) is 97.2 cm³/mol. The number of nitrogens with one attached hydrogen (secondary N) is 2. The summed E-state index contributed by atoms with van der Waals surface area (Å²) in [6.07, 6.45) is 4.86. The van der Waals surface area contributed by atoms with Crippen LogP contribution in [0.15, 0.2) is 61.1 Å². The Morgan fingerprint density at radius 2 is 1.88 bits per heavy atom. The van der Waals surface area contributed by atoms with Gasteiger partial charge in [0.2, 0.25) is 0 Å². The van der Waals surface area contributed by atoms with Crippen molar-refractivity contribution in [3.63, 3.8) is 0 Å². The summed E-state index contributed by atoms with van der Waals surface area (Å²) in [6, 6.07) is 13.3. The van der Waals surface area contributed by atoms with Crippen LogP contribution in [0.4, 0.5) is 5.82 Å². The van der Waals surface area contributed by atoms with E-state index in [1.54, 1.807) is 35.4 Å². The Kier molecular flexibility index (Phi) is 5.38. The van der Waals surface area contributed by atoms with Gasteiger partial charge in [-0.25, -0.2) is 4.68 Å². The van der Waals surface area contributed by atoms with Crippen molar-refractivity contribution >= 4 is 17.6 Å². The number of aromatic nitrogens is 3. The first-order chi connectivity index (χ1) is 12.6. The summed E-state index contributed by atoms with van der Waals surface area (Å²) in [6.45, 7) is 2.76. The maximum Gasteiger partial charge on any atom is 0.314 e. The van der Waals surface area contributed by atoms with Crippen molar-refractivity contribution in [2.75, 3.05) is 5.32 Å². The molecule has 2 heterocycles. The molecule has 132 valence electrons. The lowest BCUT2D eigenvalue weighted by Gasteiger charge is -2.10. The first kappa shape index (κ1) is 17.3. The second-order valence-corrected chi connectivity index (χ2v) is 5.86. The number of anilines is 1. The SMILES string of the molecule is Cc1cccc(Cn2nccc2NC(=O)C(=O)NCc2cccnc2)c1. The number of carbonyl (C=O) groups is 2. The van der Waals surface area contributed by atoms with Gasteiger partial charge in [0.25, 0.3) is 0 Å². The highest BCUT2D eigenvalue weighted by Crippen LogP contribution is 2.11. The number of amides is 2. The quantitative estimate of drug-likeness (QED) is 0.689. The molecule has 0 aliphatic rings. The molecule has 0 bridgehead atoms. The first-order valence-corrected chi connectivity index (χ1v) is 8.17. The van der Waals surface area contributed by atoms with Gasteiger partial charge in [0.15, 0.2) is 0 Å². The van der Waals surface area contributed by atoms with E-state index in [0.29, 0.717) is 12.4 Å². The molecule has 3 rings (SSSR count). The van der Waals surface area contributed by atoms with E-state index < -0.39 is 11.8 Å². The summed E-state index contributed by atoms with van der Waals surface area (Å²) < 4.78 is 1.64. The zero-order valence-electron chi connectivity index (χ0n) is 14.3. The maximum atomic E-state index is 12.1. The van der Waals surface area contributed by atoms with Gasteiger partial charge in [-0.15, -0.1) is 0 Å². The van der Waals surface area contributed by atoms with Gasteiger partial charge in [-0.3, -0.25) is 14.6 Å². The van der Waals surface area contributed by atoms with Crippen molar-refractivity contribution in [1.29, 1.82) is 0 Å². The molecule has 0 spiro atoms. The smallest absolute Gasteiger partial charge is 0.314 e. The Bertz CT molecular complexity index is 905. The van der Waals surface area contributed by atoms with Crippen molar-refractivity contribution in [2.45, 2.75) is 20.0 Å². The third-order valence-corrected chi connectivity index (χ3v) is 3.76. The molecule has 26 heavy (non-hydrogen) atoms. The molecule has 0 unspecified atom stereocenters. The van der Waals surface area contributed by atoms with Crippen LogP contribution in [0.25, 0.3) is 0 Å². The first-order valence-electron chi connectivity index (χ1n) is 8.17. The second kappa shape index (κ2) is 8.06. The van der Waals surface area contributed by atoms with Crippen molar-refractivity contribution in [3.8, 4) is 0 Å². The Morgan fingerprint density at radius 1 is 1.04 bits per heavy atom. The normalized spacial score (nSPS) is 10.3. The molecule has 0 saturated carbocycles. The maximum absolute atomic E-state index is 12.1. The molecule has 0 saturated heterocycles. The Balaban J connectivity index is 1.59. The standard InChI is InChI=1S/C19H19N5O2/c1-14-4-2-5-15(10-14)13-24-17(7-9-22-24)23-19(26)18(25)21-12-16-6-3-8-20-11-16/h2-11H,12-13H2,1H3,(H,21,25)(H,23,26). The highest BCUT2D eigenvalue weighted by molar-refractivity contribution is 6.39. The van der Waals surface area contributed by atoms with Gasteiger partial charge in [-0.05, 0) is 24.1 Å². The Morgan fingerprint density at radius 3 is 2.65 bits per heavy atom. The fraction of sp³-hybridized carbons (Fsp3) is 0.158. The molecule has 0 radical (unpaired) electrons. The monoisotopic (exact) mass is 349 g/mol. The van der Waals surface area contributed by atoms with E-state index in [0.717, 1.165) is 16.7 Å². The van der Waals surface area contributed by atoms with Gasteiger partial charge >= 0.3 is 11.8 Å². The average molecular weight is 349 g/mol. The minimum Gasteiger partial charge on any atom is -0.344 e. The fourth-order valence-electron chi connectivity index (χ4n) is 2.49. The minimum atomic E-state index is -0.736. The van der Waals surface area contributed by atoms with Crippen LogP contribution in [-0.2, 0) is 22.7 Å². The second-order valence-electron chi connectivity index (χ2n) is 5.86. The molecule has 7 nitrogen and oxygen atoms in total. The summed E-state index contributed by atoms with van der Waals surface area (Å²) in [5.74, 6) is -0.981. The molecule has 0 fully saturated rings. The van der Waals surface area contributed by atoms with Gasteiger partial charge in [0.05, 0.1) is 12.7 Å². The van der Waals surface area contributed by atoms with E-state index in [1.165, 1.54) is 0 Å². The van der Waals surface area contributed by atoms with Crippen LogP contribution in [0.2, 0.25) is 0 Å². The highest BCUT2D eigenvalue weighted by Gasteiger charge is 2.15. The topological polar surface area (TPSA) is 88.9 Å². The zero-order chi connectivity index (χ0) is 18.4. The van der Waals surface area contributed by atoms with Crippen LogP contribution in [0, 0.1) is 6.92 Å². The third kappa shape index (κ3) is 4.54. The zero-order valence-corrected chi connectivity index (χ0v) is 14.3. The largest absolute Gasteiger partial charge is 0.344 e. The van der Waals surface area contributed by atoms with Crippen LogP contribution in [0.3, 0.4) is 0 Å². The van der Waals surface area contributed by atoms with E-state index in [9.17, 15) is 9.59 Å². The molecule has 0 aliphatic heterocycles. The van der Waals surface area contributed by atoms with E-state index in [4.69, 9.17) is 0 Å². The average Bonchev–Trinajstić information content (AvgIpc) is 3.07. The lowest BCUT2D eigenvalue weighted by atomic mass is 10.1. The van der Waals surface area contributed by atoms with Crippen molar-refractivity contribution in [1.82, 2.24) is 20.1 Å². The van der Waals surface area contributed by atoms with Crippen LogP contribution in [0.1, 0.15) is 16.7 Å². The van der Waals surface area contributed by atoms with Gasteiger partial charge in [0, 0.05) is 25.0 Å². The van der Waals surface area contributed by atoms with Crippen LogP contribution in [0.5, 0.6) is 0 Å². The van der Waals surface area contributed by atoms with Crippen LogP contribution >= 0.6 is 0 Å². The molecule has 2 N–H and O–H groups in total. The predicted octanol–water partition coefficient (Wildman–Crippen LogP) is 1.89. The molecule has 2 amide bonds. The number of nitrogens with zero attached hydrogens (tertiary/aromatic N) is 3. The van der Waals surface area contributed by atoms with Gasteiger partial charge in [-0.1, -0.05) is 35.9 Å². The number of aryl methyl sites for hydroxylation is 1. The summed E-state index contributed by atoms with van der Waals surface area (Å²) in [4.78, 5) is 28.1. The molecule has 3 aromatic rings.